The molecule has 1 saturated heterocycles. The zero-order chi connectivity index (χ0) is 14.0. The highest BCUT2D eigenvalue weighted by Crippen LogP contribution is 2.19. The Morgan fingerprint density at radius 2 is 2.00 bits per heavy atom. The third-order valence-electron chi connectivity index (χ3n) is 2.74. The van der Waals surface area contributed by atoms with E-state index in [1.54, 1.807) is 0 Å². The molecule has 7 heteroatoms. The first-order valence-corrected chi connectivity index (χ1v) is 7.97. The number of hydrogen-bond acceptors (Lipinski definition) is 3. The van der Waals surface area contributed by atoms with E-state index in [2.05, 4.69) is 10.6 Å². The van der Waals surface area contributed by atoms with Gasteiger partial charge in [0, 0.05) is 24.7 Å². The second-order valence-electron chi connectivity index (χ2n) is 5.75. The van der Waals surface area contributed by atoms with Crippen molar-refractivity contribution in [2.24, 2.45) is 0 Å². The maximum absolute atomic E-state index is 11.6. The number of amides is 2. The van der Waals surface area contributed by atoms with Crippen LogP contribution in [0, 0.1) is 0 Å². The van der Waals surface area contributed by atoms with Crippen LogP contribution in [0.2, 0.25) is 0 Å². The minimum absolute atomic E-state index is 0.120. The van der Waals surface area contributed by atoms with E-state index >= 15 is 0 Å². The van der Waals surface area contributed by atoms with Crippen LogP contribution in [0.5, 0.6) is 0 Å². The Kier molecular flexibility index (Phi) is 4.61. The molecule has 2 N–H and O–H groups in total. The van der Waals surface area contributed by atoms with Crippen LogP contribution in [0.25, 0.3) is 0 Å². The van der Waals surface area contributed by atoms with Crippen molar-refractivity contribution in [2.45, 2.75) is 45.2 Å². The normalized spacial score (nSPS) is 21.9. The Bertz CT molecular complexity index is 400. The first-order chi connectivity index (χ1) is 8.09. The van der Waals surface area contributed by atoms with Crippen LogP contribution in [0.1, 0.15) is 33.6 Å². The quantitative estimate of drug-likeness (QED) is 0.789. The number of carbonyl (C=O) groups excluding carboxylic acids is 1. The lowest BCUT2D eigenvalue weighted by Crippen LogP contribution is -2.50. The molecular formula is C11H23N3O3S. The molecule has 0 aromatic rings. The van der Waals surface area contributed by atoms with Gasteiger partial charge in [0.25, 0.3) is 0 Å². The van der Waals surface area contributed by atoms with Crippen molar-refractivity contribution < 1.29 is 13.2 Å². The van der Waals surface area contributed by atoms with E-state index in [1.807, 2.05) is 20.8 Å². The number of rotatable bonds is 3. The molecule has 0 spiro atoms. The molecule has 0 aromatic carbocycles. The van der Waals surface area contributed by atoms with E-state index in [4.69, 9.17) is 0 Å². The Morgan fingerprint density at radius 1 is 1.39 bits per heavy atom. The third kappa shape index (κ3) is 4.81. The van der Waals surface area contributed by atoms with Crippen molar-refractivity contribution in [1.29, 1.82) is 0 Å². The predicted octanol–water partition coefficient (Wildman–Crippen LogP) is 0.508. The molecular weight excluding hydrogens is 254 g/mol. The number of nitrogens with one attached hydrogen (secondary N) is 2. The van der Waals surface area contributed by atoms with Crippen LogP contribution in [-0.2, 0) is 10.0 Å². The van der Waals surface area contributed by atoms with Gasteiger partial charge in [0.1, 0.15) is 0 Å². The van der Waals surface area contributed by atoms with Gasteiger partial charge < -0.3 is 10.6 Å². The van der Waals surface area contributed by atoms with Crippen molar-refractivity contribution >= 4 is 16.1 Å². The fourth-order valence-corrected chi connectivity index (χ4v) is 3.23. The lowest BCUT2D eigenvalue weighted by molar-refractivity contribution is 0.229. The highest BCUT2D eigenvalue weighted by atomic mass is 32.2. The summed E-state index contributed by atoms with van der Waals surface area (Å²) in [7, 11) is -3.17. The average Bonchev–Trinajstić information content (AvgIpc) is 2.58. The molecule has 0 saturated carbocycles. The van der Waals surface area contributed by atoms with Gasteiger partial charge in [-0.1, -0.05) is 0 Å². The Morgan fingerprint density at radius 3 is 2.50 bits per heavy atom. The van der Waals surface area contributed by atoms with Gasteiger partial charge in [-0.05, 0) is 33.6 Å². The molecule has 1 unspecified atom stereocenters. The Hall–Kier alpha value is -0.820. The minimum Gasteiger partial charge on any atom is -0.337 e. The van der Waals surface area contributed by atoms with Crippen LogP contribution in [0.4, 0.5) is 4.79 Å². The second kappa shape index (κ2) is 5.44. The van der Waals surface area contributed by atoms with Gasteiger partial charge in [-0.3, -0.25) is 0 Å². The van der Waals surface area contributed by atoms with E-state index in [0.717, 1.165) is 12.8 Å². The lowest BCUT2D eigenvalue weighted by atomic mass is 10.1. The zero-order valence-electron chi connectivity index (χ0n) is 11.5. The standard InChI is InChI=1S/C11H23N3O3S/c1-11(2,3)13-10(15)12-8-9-6-5-7-14(9)18(4,16)17/h9H,5-8H2,1-4H3,(H2,12,13,15). The van der Waals surface area contributed by atoms with Crippen molar-refractivity contribution in [2.75, 3.05) is 19.3 Å². The van der Waals surface area contributed by atoms with Crippen LogP contribution >= 0.6 is 0 Å². The van der Waals surface area contributed by atoms with Crippen molar-refractivity contribution in [3.63, 3.8) is 0 Å². The van der Waals surface area contributed by atoms with E-state index in [0.29, 0.717) is 13.1 Å². The van der Waals surface area contributed by atoms with Gasteiger partial charge in [-0.2, -0.15) is 4.31 Å². The van der Waals surface area contributed by atoms with E-state index < -0.39 is 10.0 Å². The number of nitrogens with zero attached hydrogens (tertiary/aromatic N) is 1. The summed E-state index contributed by atoms with van der Waals surface area (Å²) in [6.07, 6.45) is 2.85. The van der Waals surface area contributed by atoms with Gasteiger partial charge in [0.15, 0.2) is 0 Å². The molecule has 0 radical (unpaired) electrons. The number of carbonyl (C=O) groups is 1. The molecule has 0 bridgehead atoms. The summed E-state index contributed by atoms with van der Waals surface area (Å²) >= 11 is 0. The van der Waals surface area contributed by atoms with Crippen molar-refractivity contribution in [3.8, 4) is 0 Å². The average molecular weight is 277 g/mol. The second-order valence-corrected chi connectivity index (χ2v) is 7.69. The van der Waals surface area contributed by atoms with Crippen LogP contribution in [-0.4, -0.2) is 49.7 Å². The Labute approximate surface area is 109 Å². The smallest absolute Gasteiger partial charge is 0.315 e. The molecule has 1 atom stereocenters. The number of sulfonamides is 1. The van der Waals surface area contributed by atoms with E-state index in [9.17, 15) is 13.2 Å². The SMILES string of the molecule is CC(C)(C)NC(=O)NCC1CCCN1S(C)(=O)=O. The van der Waals surface area contributed by atoms with Crippen LogP contribution < -0.4 is 10.6 Å². The maximum Gasteiger partial charge on any atom is 0.315 e. The molecule has 0 aromatic heterocycles. The first kappa shape index (κ1) is 15.2. The zero-order valence-corrected chi connectivity index (χ0v) is 12.3. The Balaban J connectivity index is 2.46. The molecule has 1 fully saturated rings. The summed E-state index contributed by atoms with van der Waals surface area (Å²) in [6, 6.07) is -0.381. The largest absolute Gasteiger partial charge is 0.337 e. The summed E-state index contributed by atoms with van der Waals surface area (Å²) in [6.45, 7) is 6.59. The summed E-state index contributed by atoms with van der Waals surface area (Å²) in [5, 5.41) is 5.51. The van der Waals surface area contributed by atoms with Gasteiger partial charge in [0.05, 0.1) is 6.26 Å². The molecule has 1 rings (SSSR count). The fourth-order valence-electron chi connectivity index (χ4n) is 2.05. The molecule has 1 aliphatic rings. The molecule has 18 heavy (non-hydrogen) atoms. The molecule has 2 amide bonds. The monoisotopic (exact) mass is 277 g/mol. The lowest BCUT2D eigenvalue weighted by Gasteiger charge is -2.24. The highest BCUT2D eigenvalue weighted by molar-refractivity contribution is 7.88. The molecule has 1 heterocycles. The highest BCUT2D eigenvalue weighted by Gasteiger charge is 2.31. The van der Waals surface area contributed by atoms with Gasteiger partial charge in [0.2, 0.25) is 10.0 Å². The van der Waals surface area contributed by atoms with Crippen LogP contribution in [0.15, 0.2) is 0 Å². The number of hydrogen-bond donors (Lipinski definition) is 2. The maximum atomic E-state index is 11.6. The molecule has 106 valence electrons. The summed E-state index contributed by atoms with van der Waals surface area (Å²) in [5.74, 6) is 0. The predicted molar refractivity (Wildman–Crippen MR) is 70.9 cm³/mol. The van der Waals surface area contributed by atoms with E-state index in [-0.39, 0.29) is 17.6 Å². The third-order valence-corrected chi connectivity index (χ3v) is 4.07. The van der Waals surface area contributed by atoms with Gasteiger partial charge >= 0.3 is 6.03 Å². The number of urea groups is 1. The summed E-state index contributed by atoms with van der Waals surface area (Å²) in [4.78, 5) is 11.6. The topological polar surface area (TPSA) is 78.5 Å². The summed E-state index contributed by atoms with van der Waals surface area (Å²) in [5.41, 5.74) is -0.295. The van der Waals surface area contributed by atoms with Gasteiger partial charge in [-0.25, -0.2) is 13.2 Å². The minimum atomic E-state index is -3.17. The molecule has 1 aliphatic heterocycles. The molecule has 0 aliphatic carbocycles. The van der Waals surface area contributed by atoms with Crippen molar-refractivity contribution in [3.05, 3.63) is 0 Å². The van der Waals surface area contributed by atoms with Gasteiger partial charge in [-0.15, -0.1) is 0 Å². The molecule has 6 nitrogen and oxygen atoms in total. The van der Waals surface area contributed by atoms with Crippen molar-refractivity contribution in [1.82, 2.24) is 14.9 Å². The van der Waals surface area contributed by atoms with Crippen LogP contribution in [0.3, 0.4) is 0 Å². The summed E-state index contributed by atoms with van der Waals surface area (Å²) < 4.78 is 24.5. The van der Waals surface area contributed by atoms with E-state index in [1.165, 1.54) is 10.6 Å². The fraction of sp³-hybridized carbons (Fsp3) is 0.909. The first-order valence-electron chi connectivity index (χ1n) is 6.12.